The molecule has 9 heteroatoms. The zero-order valence-electron chi connectivity index (χ0n) is 12.8. The fourth-order valence-electron chi connectivity index (χ4n) is 2.07. The fraction of sp³-hybridized carbons (Fsp3) is 0.0625. The molecule has 0 aliphatic heterocycles. The highest BCUT2D eigenvalue weighted by atomic mass is 35.5. The topological polar surface area (TPSA) is 53.9 Å². The van der Waals surface area contributed by atoms with Gasteiger partial charge in [0.25, 0.3) is 0 Å². The zero-order chi connectivity index (χ0) is 18.0. The highest BCUT2D eigenvalue weighted by molar-refractivity contribution is 6.48. The number of nitrogens with zero attached hydrogens (tertiary/aromatic N) is 4. The molecule has 1 N–H and O–H groups in total. The average molecular weight is 415 g/mol. The SMILES string of the molecule is CN(c1cccc(Cl)c1)c1ncnc(Nc2cc(Cl)c(Cl)c(Cl)c2)n1. The minimum absolute atomic E-state index is 0.297. The van der Waals surface area contributed by atoms with Gasteiger partial charge in [0.2, 0.25) is 11.9 Å². The molecule has 0 unspecified atom stereocenters. The van der Waals surface area contributed by atoms with E-state index < -0.39 is 0 Å². The van der Waals surface area contributed by atoms with Crippen molar-refractivity contribution >= 4 is 69.7 Å². The van der Waals surface area contributed by atoms with E-state index in [0.717, 1.165) is 5.69 Å². The van der Waals surface area contributed by atoms with Gasteiger partial charge in [0.05, 0.1) is 15.1 Å². The predicted octanol–water partition coefficient (Wildman–Crippen LogP) is 6.00. The molecule has 0 aliphatic rings. The van der Waals surface area contributed by atoms with Crippen molar-refractivity contribution in [2.24, 2.45) is 0 Å². The maximum Gasteiger partial charge on any atom is 0.234 e. The molecule has 1 heterocycles. The first-order valence-corrected chi connectivity index (χ1v) is 8.55. The van der Waals surface area contributed by atoms with Gasteiger partial charge in [-0.25, -0.2) is 9.97 Å². The molecule has 0 fully saturated rings. The molecule has 0 bridgehead atoms. The monoisotopic (exact) mass is 413 g/mol. The van der Waals surface area contributed by atoms with Crippen LogP contribution in [-0.4, -0.2) is 22.0 Å². The number of aromatic nitrogens is 3. The molecule has 5 nitrogen and oxygen atoms in total. The molecule has 0 saturated heterocycles. The normalized spacial score (nSPS) is 10.6. The number of rotatable bonds is 4. The van der Waals surface area contributed by atoms with Crippen LogP contribution < -0.4 is 10.2 Å². The van der Waals surface area contributed by atoms with Crippen molar-refractivity contribution in [2.45, 2.75) is 0 Å². The number of hydrogen-bond acceptors (Lipinski definition) is 5. The molecule has 3 rings (SSSR count). The summed E-state index contributed by atoms with van der Waals surface area (Å²) < 4.78 is 0. The van der Waals surface area contributed by atoms with Gasteiger partial charge in [-0.3, -0.25) is 0 Å². The summed E-state index contributed by atoms with van der Waals surface area (Å²) >= 11 is 24.0. The van der Waals surface area contributed by atoms with Crippen LogP contribution in [0.1, 0.15) is 0 Å². The van der Waals surface area contributed by atoms with Crippen LogP contribution in [0.15, 0.2) is 42.7 Å². The van der Waals surface area contributed by atoms with E-state index in [1.165, 1.54) is 6.33 Å². The van der Waals surface area contributed by atoms with E-state index in [4.69, 9.17) is 46.4 Å². The largest absolute Gasteiger partial charge is 0.324 e. The minimum Gasteiger partial charge on any atom is -0.324 e. The molecule has 0 atom stereocenters. The van der Waals surface area contributed by atoms with E-state index >= 15 is 0 Å². The van der Waals surface area contributed by atoms with E-state index in [1.54, 1.807) is 23.1 Å². The summed E-state index contributed by atoms with van der Waals surface area (Å²) in [6, 6.07) is 10.7. The van der Waals surface area contributed by atoms with E-state index in [-0.39, 0.29) is 0 Å². The standard InChI is InChI=1S/C16H11Cl4N5/c1-25(11-4-2-3-9(17)5-11)16-22-8-21-15(24-16)23-10-6-12(18)14(20)13(19)7-10/h2-8H,1H3,(H,21,22,23,24). The van der Waals surface area contributed by atoms with Crippen LogP contribution in [0, 0.1) is 0 Å². The summed E-state index contributed by atoms with van der Waals surface area (Å²) in [7, 11) is 1.83. The van der Waals surface area contributed by atoms with Gasteiger partial charge < -0.3 is 10.2 Å². The van der Waals surface area contributed by atoms with Gasteiger partial charge in [-0.1, -0.05) is 52.5 Å². The van der Waals surface area contributed by atoms with Crippen LogP contribution in [0.3, 0.4) is 0 Å². The third kappa shape index (κ3) is 4.25. The number of benzene rings is 2. The Bertz CT molecular complexity index is 896. The van der Waals surface area contributed by atoms with Crippen LogP contribution >= 0.6 is 46.4 Å². The Labute approximate surface area is 164 Å². The molecule has 25 heavy (non-hydrogen) atoms. The second-order valence-electron chi connectivity index (χ2n) is 5.03. The molecule has 0 spiro atoms. The van der Waals surface area contributed by atoms with E-state index in [0.29, 0.717) is 37.7 Å². The average Bonchev–Trinajstić information content (AvgIpc) is 2.59. The lowest BCUT2D eigenvalue weighted by atomic mass is 10.3. The number of nitrogens with one attached hydrogen (secondary N) is 1. The van der Waals surface area contributed by atoms with Crippen molar-refractivity contribution < 1.29 is 0 Å². The minimum atomic E-state index is 0.297. The lowest BCUT2D eigenvalue weighted by molar-refractivity contribution is 0.990. The van der Waals surface area contributed by atoms with Crippen molar-refractivity contribution in [2.75, 3.05) is 17.3 Å². The van der Waals surface area contributed by atoms with Crippen LogP contribution in [0.25, 0.3) is 0 Å². The Kier molecular flexibility index (Phi) is 5.49. The van der Waals surface area contributed by atoms with Crippen LogP contribution in [0.4, 0.5) is 23.3 Å². The molecular formula is C16H11Cl4N5. The Morgan fingerprint density at radius 1 is 0.960 bits per heavy atom. The van der Waals surface area contributed by atoms with Gasteiger partial charge >= 0.3 is 0 Å². The Morgan fingerprint density at radius 3 is 2.36 bits per heavy atom. The van der Waals surface area contributed by atoms with Crippen LogP contribution in [0.5, 0.6) is 0 Å². The second-order valence-corrected chi connectivity index (χ2v) is 6.66. The van der Waals surface area contributed by atoms with Gasteiger partial charge in [0.15, 0.2) is 0 Å². The summed E-state index contributed by atoms with van der Waals surface area (Å²) in [6.45, 7) is 0. The van der Waals surface area contributed by atoms with Gasteiger partial charge in [-0.05, 0) is 30.3 Å². The Morgan fingerprint density at radius 2 is 1.68 bits per heavy atom. The van der Waals surface area contributed by atoms with E-state index in [9.17, 15) is 0 Å². The molecule has 0 saturated carbocycles. The Hall–Kier alpha value is -1.79. The fourth-order valence-corrected chi connectivity index (χ4v) is 2.85. The summed E-state index contributed by atoms with van der Waals surface area (Å²) in [5.41, 5.74) is 1.46. The molecule has 128 valence electrons. The van der Waals surface area contributed by atoms with Crippen molar-refractivity contribution in [3.8, 4) is 0 Å². The molecule has 0 aliphatic carbocycles. The van der Waals surface area contributed by atoms with E-state index in [2.05, 4.69) is 20.3 Å². The first kappa shape index (κ1) is 18.0. The summed E-state index contributed by atoms with van der Waals surface area (Å²) in [5, 5.41) is 4.62. The third-order valence-corrected chi connectivity index (χ3v) is 4.73. The maximum absolute atomic E-state index is 6.03. The third-order valence-electron chi connectivity index (χ3n) is 3.29. The molecule has 2 aromatic carbocycles. The highest BCUT2D eigenvalue weighted by Gasteiger charge is 2.11. The first-order valence-electron chi connectivity index (χ1n) is 7.04. The smallest absolute Gasteiger partial charge is 0.234 e. The quantitative estimate of drug-likeness (QED) is 0.530. The van der Waals surface area contributed by atoms with Gasteiger partial charge in [-0.15, -0.1) is 0 Å². The van der Waals surface area contributed by atoms with E-state index in [1.807, 2.05) is 25.2 Å². The molecule has 0 amide bonds. The molecule has 3 aromatic rings. The highest BCUT2D eigenvalue weighted by Crippen LogP contribution is 2.34. The molecule has 0 radical (unpaired) electrons. The van der Waals surface area contributed by atoms with Crippen molar-refractivity contribution in [1.82, 2.24) is 15.0 Å². The summed E-state index contributed by atoms with van der Waals surface area (Å²) in [4.78, 5) is 14.5. The van der Waals surface area contributed by atoms with Crippen molar-refractivity contribution in [1.29, 1.82) is 0 Å². The number of halogens is 4. The maximum atomic E-state index is 6.03. The van der Waals surface area contributed by atoms with Crippen LogP contribution in [0.2, 0.25) is 20.1 Å². The summed E-state index contributed by atoms with van der Waals surface area (Å²) in [5.74, 6) is 0.791. The zero-order valence-corrected chi connectivity index (χ0v) is 15.9. The molecular weight excluding hydrogens is 404 g/mol. The van der Waals surface area contributed by atoms with Gasteiger partial charge in [0.1, 0.15) is 6.33 Å². The lowest BCUT2D eigenvalue weighted by Gasteiger charge is -2.17. The van der Waals surface area contributed by atoms with Crippen molar-refractivity contribution in [3.63, 3.8) is 0 Å². The molecule has 1 aromatic heterocycles. The van der Waals surface area contributed by atoms with Crippen molar-refractivity contribution in [3.05, 3.63) is 62.8 Å². The second kappa shape index (κ2) is 7.62. The number of anilines is 4. The lowest BCUT2D eigenvalue weighted by Crippen LogP contribution is -2.14. The predicted molar refractivity (Wildman–Crippen MR) is 104 cm³/mol. The van der Waals surface area contributed by atoms with Gasteiger partial charge in [-0.2, -0.15) is 4.98 Å². The summed E-state index contributed by atoms with van der Waals surface area (Å²) in [6.07, 6.45) is 1.41. The Balaban J connectivity index is 1.87. The van der Waals surface area contributed by atoms with Gasteiger partial charge in [0, 0.05) is 23.4 Å². The number of hydrogen-bond donors (Lipinski definition) is 1. The van der Waals surface area contributed by atoms with Crippen LogP contribution in [-0.2, 0) is 0 Å². The first-order chi connectivity index (χ1) is 11.9.